The predicted octanol–water partition coefficient (Wildman–Crippen LogP) is 1.84. The van der Waals surface area contributed by atoms with Crippen LogP contribution in [0.3, 0.4) is 0 Å². The predicted molar refractivity (Wildman–Crippen MR) is 64.6 cm³/mol. The molecule has 0 aliphatic heterocycles. The highest BCUT2D eigenvalue weighted by Crippen LogP contribution is 2.41. The maximum absolute atomic E-state index is 11.5. The van der Waals surface area contributed by atoms with Crippen LogP contribution in [0.1, 0.15) is 29.7 Å². The molecule has 0 radical (unpaired) electrons. The molecule has 2 rings (SSSR count). The van der Waals surface area contributed by atoms with Crippen LogP contribution in [0.4, 0.5) is 0 Å². The van der Waals surface area contributed by atoms with Crippen molar-refractivity contribution < 1.29 is 9.53 Å². The standard InChI is InChI=1S/C12H17NO2S/c1-15-11(14)7-12(8-13)5-2-3-10-9(12)4-6-16-10/h4,6H,2-3,5,7-8,13H2,1H3. The van der Waals surface area contributed by atoms with Gasteiger partial charge in [0, 0.05) is 16.8 Å². The van der Waals surface area contributed by atoms with Crippen molar-refractivity contribution in [2.45, 2.75) is 31.1 Å². The number of hydrogen-bond donors (Lipinski definition) is 1. The van der Waals surface area contributed by atoms with Crippen molar-refractivity contribution in [1.29, 1.82) is 0 Å². The van der Waals surface area contributed by atoms with Crippen molar-refractivity contribution in [2.75, 3.05) is 13.7 Å². The molecule has 1 aromatic rings. The Morgan fingerprint density at radius 2 is 2.50 bits per heavy atom. The second kappa shape index (κ2) is 4.55. The number of aryl methyl sites for hydroxylation is 1. The van der Waals surface area contributed by atoms with E-state index in [4.69, 9.17) is 10.5 Å². The molecular weight excluding hydrogens is 222 g/mol. The fourth-order valence-corrected chi connectivity index (χ4v) is 3.59. The zero-order valence-electron chi connectivity index (χ0n) is 9.49. The van der Waals surface area contributed by atoms with E-state index in [1.54, 1.807) is 11.3 Å². The molecule has 1 atom stereocenters. The highest BCUT2D eigenvalue weighted by atomic mass is 32.1. The number of hydrogen-bond acceptors (Lipinski definition) is 4. The lowest BCUT2D eigenvalue weighted by Crippen LogP contribution is -2.40. The van der Waals surface area contributed by atoms with Crippen LogP contribution >= 0.6 is 11.3 Å². The Labute approximate surface area is 99.6 Å². The quantitative estimate of drug-likeness (QED) is 0.819. The van der Waals surface area contributed by atoms with E-state index in [0.29, 0.717) is 13.0 Å². The van der Waals surface area contributed by atoms with E-state index in [0.717, 1.165) is 19.3 Å². The average molecular weight is 239 g/mol. The van der Waals surface area contributed by atoms with Gasteiger partial charge in [-0.1, -0.05) is 0 Å². The fraction of sp³-hybridized carbons (Fsp3) is 0.583. The third-order valence-corrected chi connectivity index (χ3v) is 4.46. The number of thiophene rings is 1. The highest BCUT2D eigenvalue weighted by Gasteiger charge is 2.38. The molecule has 88 valence electrons. The van der Waals surface area contributed by atoms with Crippen molar-refractivity contribution in [2.24, 2.45) is 5.73 Å². The topological polar surface area (TPSA) is 52.3 Å². The molecule has 0 bridgehead atoms. The lowest BCUT2D eigenvalue weighted by atomic mass is 9.70. The summed E-state index contributed by atoms with van der Waals surface area (Å²) in [6.45, 7) is 0.520. The van der Waals surface area contributed by atoms with Crippen LogP contribution < -0.4 is 5.73 Å². The van der Waals surface area contributed by atoms with E-state index < -0.39 is 0 Å². The Morgan fingerprint density at radius 3 is 3.19 bits per heavy atom. The first-order valence-corrected chi connectivity index (χ1v) is 6.43. The first-order chi connectivity index (χ1) is 7.72. The van der Waals surface area contributed by atoms with Crippen LogP contribution in [0.2, 0.25) is 0 Å². The summed E-state index contributed by atoms with van der Waals surface area (Å²) in [7, 11) is 1.43. The molecule has 2 N–H and O–H groups in total. The van der Waals surface area contributed by atoms with E-state index >= 15 is 0 Å². The average Bonchev–Trinajstić information content (AvgIpc) is 2.78. The molecule has 1 heterocycles. The van der Waals surface area contributed by atoms with Crippen LogP contribution in [0, 0.1) is 0 Å². The molecule has 1 aliphatic carbocycles. The summed E-state index contributed by atoms with van der Waals surface area (Å²) in [5.41, 5.74) is 7.01. The number of carbonyl (C=O) groups excluding carboxylic acids is 1. The SMILES string of the molecule is COC(=O)CC1(CN)CCCc2sccc21. The Hall–Kier alpha value is -0.870. The Balaban J connectivity index is 2.32. The highest BCUT2D eigenvalue weighted by molar-refractivity contribution is 7.10. The molecule has 1 aliphatic rings. The van der Waals surface area contributed by atoms with Gasteiger partial charge in [-0.3, -0.25) is 4.79 Å². The molecule has 0 aromatic carbocycles. The number of esters is 1. The minimum atomic E-state index is -0.180. The van der Waals surface area contributed by atoms with Gasteiger partial charge in [-0.05, 0) is 36.3 Å². The van der Waals surface area contributed by atoms with Crippen molar-refractivity contribution in [1.82, 2.24) is 0 Å². The lowest BCUT2D eigenvalue weighted by Gasteiger charge is -2.35. The number of nitrogens with two attached hydrogens (primary N) is 1. The normalized spacial score (nSPS) is 23.9. The molecule has 0 spiro atoms. The zero-order valence-corrected chi connectivity index (χ0v) is 10.3. The minimum absolute atomic E-state index is 0.162. The first kappa shape index (κ1) is 11.6. The first-order valence-electron chi connectivity index (χ1n) is 5.55. The maximum Gasteiger partial charge on any atom is 0.306 e. The van der Waals surface area contributed by atoms with Crippen LogP contribution in [0.25, 0.3) is 0 Å². The summed E-state index contributed by atoms with van der Waals surface area (Å²) in [6.07, 6.45) is 3.63. The van der Waals surface area contributed by atoms with Gasteiger partial charge in [-0.25, -0.2) is 0 Å². The minimum Gasteiger partial charge on any atom is -0.469 e. The summed E-state index contributed by atoms with van der Waals surface area (Å²) in [5, 5.41) is 2.09. The van der Waals surface area contributed by atoms with Crippen LogP contribution in [0.5, 0.6) is 0 Å². The molecule has 1 unspecified atom stereocenters. The number of ether oxygens (including phenoxy) is 1. The van der Waals surface area contributed by atoms with Crippen LogP contribution in [-0.4, -0.2) is 19.6 Å². The smallest absolute Gasteiger partial charge is 0.306 e. The fourth-order valence-electron chi connectivity index (χ4n) is 2.55. The molecular formula is C12H17NO2S. The van der Waals surface area contributed by atoms with Gasteiger partial charge in [-0.15, -0.1) is 11.3 Å². The van der Waals surface area contributed by atoms with Gasteiger partial charge < -0.3 is 10.5 Å². The summed E-state index contributed by atoms with van der Waals surface area (Å²) >= 11 is 1.77. The van der Waals surface area contributed by atoms with Gasteiger partial charge in [0.1, 0.15) is 0 Å². The van der Waals surface area contributed by atoms with Gasteiger partial charge in [0.15, 0.2) is 0 Å². The van der Waals surface area contributed by atoms with E-state index in [-0.39, 0.29) is 11.4 Å². The zero-order chi connectivity index (χ0) is 11.6. The Kier molecular flexibility index (Phi) is 3.30. The monoisotopic (exact) mass is 239 g/mol. The van der Waals surface area contributed by atoms with Gasteiger partial charge in [0.2, 0.25) is 0 Å². The van der Waals surface area contributed by atoms with Crippen molar-refractivity contribution in [3.63, 3.8) is 0 Å². The van der Waals surface area contributed by atoms with Crippen LogP contribution in [0.15, 0.2) is 11.4 Å². The maximum atomic E-state index is 11.5. The van der Waals surface area contributed by atoms with Crippen molar-refractivity contribution in [3.8, 4) is 0 Å². The van der Waals surface area contributed by atoms with Crippen molar-refractivity contribution in [3.05, 3.63) is 21.9 Å². The number of rotatable bonds is 3. The van der Waals surface area contributed by atoms with Gasteiger partial charge in [0.05, 0.1) is 13.5 Å². The second-order valence-corrected chi connectivity index (χ2v) is 5.35. The van der Waals surface area contributed by atoms with Crippen molar-refractivity contribution >= 4 is 17.3 Å². The third kappa shape index (κ3) is 1.87. The van der Waals surface area contributed by atoms with E-state index in [1.165, 1.54) is 17.6 Å². The summed E-state index contributed by atoms with van der Waals surface area (Å²) in [4.78, 5) is 12.9. The van der Waals surface area contributed by atoms with Crippen LogP contribution in [-0.2, 0) is 21.4 Å². The van der Waals surface area contributed by atoms with Gasteiger partial charge in [0.25, 0.3) is 0 Å². The van der Waals surface area contributed by atoms with E-state index in [2.05, 4.69) is 11.4 Å². The molecule has 0 saturated heterocycles. The molecule has 0 saturated carbocycles. The lowest BCUT2D eigenvalue weighted by molar-refractivity contribution is -0.142. The van der Waals surface area contributed by atoms with E-state index in [9.17, 15) is 4.79 Å². The molecule has 3 nitrogen and oxygen atoms in total. The number of methoxy groups -OCH3 is 1. The summed E-state index contributed by atoms with van der Waals surface area (Å²) in [5.74, 6) is -0.162. The number of fused-ring (bicyclic) bond motifs is 1. The third-order valence-electron chi connectivity index (χ3n) is 3.48. The summed E-state index contributed by atoms with van der Waals surface area (Å²) < 4.78 is 4.78. The Morgan fingerprint density at radius 1 is 1.69 bits per heavy atom. The second-order valence-electron chi connectivity index (χ2n) is 4.35. The molecule has 1 aromatic heterocycles. The van der Waals surface area contributed by atoms with E-state index in [1.807, 2.05) is 0 Å². The summed E-state index contributed by atoms with van der Waals surface area (Å²) in [6, 6.07) is 2.12. The molecule has 16 heavy (non-hydrogen) atoms. The molecule has 4 heteroatoms. The number of carbonyl (C=O) groups is 1. The molecule has 0 amide bonds. The largest absolute Gasteiger partial charge is 0.469 e. The Bertz CT molecular complexity index is 388. The molecule has 0 fully saturated rings. The van der Waals surface area contributed by atoms with Gasteiger partial charge in [-0.2, -0.15) is 0 Å². The van der Waals surface area contributed by atoms with Gasteiger partial charge >= 0.3 is 5.97 Å².